The molecule has 0 saturated carbocycles. The zero-order valence-electron chi connectivity index (χ0n) is 10.1. The fourth-order valence-corrected chi connectivity index (χ4v) is 1.80. The maximum absolute atomic E-state index is 11.6. The van der Waals surface area contributed by atoms with E-state index in [1.807, 2.05) is 18.2 Å². The predicted octanol–water partition coefficient (Wildman–Crippen LogP) is 2.23. The van der Waals surface area contributed by atoms with Gasteiger partial charge in [-0.3, -0.25) is 10.1 Å². The van der Waals surface area contributed by atoms with Crippen LogP contribution in [0, 0.1) is 0 Å². The molecule has 0 aliphatic carbocycles. The van der Waals surface area contributed by atoms with Crippen LogP contribution >= 0.6 is 15.9 Å². The van der Waals surface area contributed by atoms with Crippen molar-refractivity contribution in [2.45, 2.75) is 0 Å². The molecular formula is C12H11BrN4O2. The number of halogens is 1. The van der Waals surface area contributed by atoms with Gasteiger partial charge in [0.05, 0.1) is 7.11 Å². The van der Waals surface area contributed by atoms with Gasteiger partial charge in [0.15, 0.2) is 0 Å². The van der Waals surface area contributed by atoms with E-state index in [-0.39, 0.29) is 5.91 Å². The largest absolute Gasteiger partial charge is 0.496 e. The number of aromatic nitrogens is 3. The molecule has 98 valence electrons. The first-order valence-corrected chi connectivity index (χ1v) is 6.16. The average molecular weight is 323 g/mol. The number of amides is 1. The van der Waals surface area contributed by atoms with Crippen molar-refractivity contribution in [3.05, 3.63) is 40.6 Å². The molecule has 1 aromatic heterocycles. The van der Waals surface area contributed by atoms with E-state index >= 15 is 0 Å². The van der Waals surface area contributed by atoms with Gasteiger partial charge in [0.2, 0.25) is 5.95 Å². The summed E-state index contributed by atoms with van der Waals surface area (Å²) in [5.41, 5.74) is 0.796. The zero-order chi connectivity index (χ0) is 13.7. The minimum atomic E-state index is -0.307. The number of H-pyrrole nitrogens is 1. The first-order chi connectivity index (χ1) is 9.19. The molecule has 0 aliphatic heterocycles. The van der Waals surface area contributed by atoms with E-state index in [4.69, 9.17) is 4.74 Å². The van der Waals surface area contributed by atoms with Crippen LogP contribution in [0.1, 0.15) is 5.56 Å². The van der Waals surface area contributed by atoms with E-state index in [1.165, 1.54) is 12.4 Å². The molecule has 0 unspecified atom stereocenters. The summed E-state index contributed by atoms with van der Waals surface area (Å²) in [6, 6.07) is 5.54. The van der Waals surface area contributed by atoms with Gasteiger partial charge >= 0.3 is 0 Å². The van der Waals surface area contributed by atoms with Crippen LogP contribution in [0.5, 0.6) is 5.75 Å². The quantitative estimate of drug-likeness (QED) is 0.846. The third kappa shape index (κ3) is 3.65. The SMILES string of the molecule is COc1ccc(Br)cc1C=CC(=O)Nc1ncn[nH]1. The van der Waals surface area contributed by atoms with Crippen LogP contribution in [0.4, 0.5) is 5.95 Å². The maximum atomic E-state index is 11.6. The highest BCUT2D eigenvalue weighted by Gasteiger charge is 2.03. The van der Waals surface area contributed by atoms with Crippen molar-refractivity contribution in [2.24, 2.45) is 0 Å². The Labute approximate surface area is 118 Å². The Hall–Kier alpha value is -2.15. The van der Waals surface area contributed by atoms with E-state index in [0.717, 1.165) is 10.0 Å². The minimum Gasteiger partial charge on any atom is -0.496 e. The number of benzene rings is 1. The van der Waals surface area contributed by atoms with Crippen LogP contribution in [0.25, 0.3) is 6.08 Å². The molecule has 19 heavy (non-hydrogen) atoms. The van der Waals surface area contributed by atoms with E-state index < -0.39 is 0 Å². The van der Waals surface area contributed by atoms with Gasteiger partial charge in [-0.1, -0.05) is 15.9 Å². The first-order valence-electron chi connectivity index (χ1n) is 5.37. The van der Waals surface area contributed by atoms with Crippen LogP contribution in [-0.2, 0) is 4.79 Å². The summed E-state index contributed by atoms with van der Waals surface area (Å²) < 4.78 is 6.11. The number of methoxy groups -OCH3 is 1. The number of carbonyl (C=O) groups is 1. The number of aromatic amines is 1. The Morgan fingerprint density at radius 3 is 3.05 bits per heavy atom. The molecule has 0 radical (unpaired) electrons. The molecule has 2 N–H and O–H groups in total. The smallest absolute Gasteiger partial charge is 0.250 e. The highest BCUT2D eigenvalue weighted by atomic mass is 79.9. The van der Waals surface area contributed by atoms with Gasteiger partial charge in [0.25, 0.3) is 5.91 Å². The van der Waals surface area contributed by atoms with Crippen LogP contribution in [0.2, 0.25) is 0 Å². The second kappa shape index (κ2) is 6.14. The molecular weight excluding hydrogens is 312 g/mol. The molecule has 0 atom stereocenters. The summed E-state index contributed by atoms with van der Waals surface area (Å²) in [6.45, 7) is 0. The normalized spacial score (nSPS) is 10.6. The molecule has 6 nitrogen and oxygen atoms in total. The maximum Gasteiger partial charge on any atom is 0.250 e. The van der Waals surface area contributed by atoms with E-state index in [1.54, 1.807) is 13.2 Å². The van der Waals surface area contributed by atoms with Crippen LogP contribution < -0.4 is 10.1 Å². The fourth-order valence-electron chi connectivity index (χ4n) is 1.42. The minimum absolute atomic E-state index is 0.302. The molecule has 2 rings (SSSR count). The second-order valence-corrected chi connectivity index (χ2v) is 4.46. The molecule has 1 heterocycles. The van der Waals surface area contributed by atoms with Gasteiger partial charge in [0, 0.05) is 16.1 Å². The molecule has 1 amide bonds. The third-order valence-corrected chi connectivity index (χ3v) is 2.76. The lowest BCUT2D eigenvalue weighted by molar-refractivity contribution is -0.111. The summed E-state index contributed by atoms with van der Waals surface area (Å²) in [4.78, 5) is 15.4. The Morgan fingerprint density at radius 2 is 2.37 bits per heavy atom. The summed E-state index contributed by atoms with van der Waals surface area (Å²) in [7, 11) is 1.58. The molecule has 1 aromatic carbocycles. The lowest BCUT2D eigenvalue weighted by Gasteiger charge is -2.04. The third-order valence-electron chi connectivity index (χ3n) is 2.26. The van der Waals surface area contributed by atoms with Crippen LogP contribution in [0.15, 0.2) is 35.1 Å². The zero-order valence-corrected chi connectivity index (χ0v) is 11.6. The summed E-state index contributed by atoms with van der Waals surface area (Å²) in [5, 5.41) is 8.71. The molecule has 0 saturated heterocycles. The van der Waals surface area contributed by atoms with Crippen LogP contribution in [-0.4, -0.2) is 28.2 Å². The van der Waals surface area contributed by atoms with E-state index in [9.17, 15) is 4.79 Å². The predicted molar refractivity (Wildman–Crippen MR) is 74.7 cm³/mol. The van der Waals surface area contributed by atoms with Crippen molar-refractivity contribution >= 4 is 33.9 Å². The lowest BCUT2D eigenvalue weighted by atomic mass is 10.2. The van der Waals surface area contributed by atoms with Crippen molar-refractivity contribution < 1.29 is 9.53 Å². The Balaban J connectivity index is 2.09. The number of nitrogens with one attached hydrogen (secondary N) is 2. The summed E-state index contributed by atoms with van der Waals surface area (Å²) in [5.74, 6) is 0.682. The number of hydrogen-bond acceptors (Lipinski definition) is 4. The van der Waals surface area contributed by atoms with Crippen molar-refractivity contribution in [3.63, 3.8) is 0 Å². The Kier molecular flexibility index (Phi) is 4.30. The molecule has 7 heteroatoms. The number of carbonyl (C=O) groups excluding carboxylic acids is 1. The molecule has 0 aliphatic rings. The monoisotopic (exact) mass is 322 g/mol. The van der Waals surface area contributed by atoms with Crippen molar-refractivity contribution in [2.75, 3.05) is 12.4 Å². The molecule has 0 bridgehead atoms. The Bertz CT molecular complexity index is 596. The number of ether oxygens (including phenoxy) is 1. The van der Waals surface area contributed by atoms with Crippen molar-refractivity contribution in [1.82, 2.24) is 15.2 Å². The molecule has 2 aromatic rings. The lowest BCUT2D eigenvalue weighted by Crippen LogP contribution is -2.09. The summed E-state index contributed by atoms with van der Waals surface area (Å²) in [6.07, 6.45) is 4.37. The van der Waals surface area contributed by atoms with Gasteiger partial charge in [-0.05, 0) is 24.3 Å². The fraction of sp³-hybridized carbons (Fsp3) is 0.0833. The van der Waals surface area contributed by atoms with Gasteiger partial charge in [-0.15, -0.1) is 0 Å². The molecule has 0 spiro atoms. The first kappa shape index (κ1) is 13.3. The van der Waals surface area contributed by atoms with Gasteiger partial charge < -0.3 is 4.74 Å². The Morgan fingerprint density at radius 1 is 1.53 bits per heavy atom. The summed E-state index contributed by atoms with van der Waals surface area (Å²) >= 11 is 3.37. The number of rotatable bonds is 4. The number of anilines is 1. The van der Waals surface area contributed by atoms with E-state index in [0.29, 0.717) is 11.7 Å². The van der Waals surface area contributed by atoms with Gasteiger partial charge in [0.1, 0.15) is 12.1 Å². The highest BCUT2D eigenvalue weighted by Crippen LogP contribution is 2.24. The second-order valence-electron chi connectivity index (χ2n) is 3.54. The van der Waals surface area contributed by atoms with Gasteiger partial charge in [-0.25, -0.2) is 5.10 Å². The average Bonchev–Trinajstić information content (AvgIpc) is 2.89. The van der Waals surface area contributed by atoms with Crippen molar-refractivity contribution in [1.29, 1.82) is 0 Å². The topological polar surface area (TPSA) is 79.9 Å². The van der Waals surface area contributed by atoms with E-state index in [2.05, 4.69) is 36.4 Å². The molecule has 0 fully saturated rings. The van der Waals surface area contributed by atoms with Crippen LogP contribution in [0.3, 0.4) is 0 Å². The van der Waals surface area contributed by atoms with Gasteiger partial charge in [-0.2, -0.15) is 10.1 Å². The highest BCUT2D eigenvalue weighted by molar-refractivity contribution is 9.10. The number of hydrogen-bond donors (Lipinski definition) is 2. The number of nitrogens with zero attached hydrogens (tertiary/aromatic N) is 2. The van der Waals surface area contributed by atoms with Crippen molar-refractivity contribution in [3.8, 4) is 5.75 Å². The standard InChI is InChI=1S/C12H11BrN4O2/c1-19-10-4-3-9(13)6-8(10)2-5-11(18)16-12-14-7-15-17-12/h2-7H,1H3,(H2,14,15,16,17,18).